The van der Waals surface area contributed by atoms with Gasteiger partial charge in [-0.15, -0.1) is 0 Å². The van der Waals surface area contributed by atoms with Crippen LogP contribution in [0.4, 0.5) is 0 Å². The van der Waals surface area contributed by atoms with E-state index in [1.807, 2.05) is 26.0 Å². The molecule has 0 saturated heterocycles. The van der Waals surface area contributed by atoms with Gasteiger partial charge >= 0.3 is 0 Å². The van der Waals surface area contributed by atoms with Gasteiger partial charge in [-0.25, -0.2) is 0 Å². The van der Waals surface area contributed by atoms with Gasteiger partial charge in [-0.1, -0.05) is 96.4 Å². The van der Waals surface area contributed by atoms with Crippen molar-refractivity contribution in [2.75, 3.05) is 0 Å². The third-order valence-corrected chi connectivity index (χ3v) is 4.13. The summed E-state index contributed by atoms with van der Waals surface area (Å²) in [6, 6.07) is 0. The van der Waals surface area contributed by atoms with E-state index in [1.54, 1.807) is 5.57 Å². The molecule has 0 saturated carbocycles. The lowest BCUT2D eigenvalue weighted by atomic mass is 9.88. The monoisotopic (exact) mass is 310 g/mol. The van der Waals surface area contributed by atoms with Crippen LogP contribution in [0.1, 0.15) is 54.4 Å². The fraction of sp³-hybridized carbons (Fsp3) is 0.391. The molecule has 0 amide bonds. The highest BCUT2D eigenvalue weighted by molar-refractivity contribution is 5.64. The van der Waals surface area contributed by atoms with Crippen LogP contribution in [0.2, 0.25) is 0 Å². The predicted molar refractivity (Wildman–Crippen MR) is 108 cm³/mol. The maximum absolute atomic E-state index is 4.05. The largest absolute Gasteiger partial charge is 0.0990 e. The molecule has 1 unspecified atom stereocenters. The first kappa shape index (κ1) is 21.2. The minimum absolute atomic E-state index is 0. The molecule has 2 aliphatic rings. The zero-order valence-electron chi connectivity index (χ0n) is 14.7. The molecular formula is C23H34. The minimum atomic E-state index is 0. The van der Waals surface area contributed by atoms with Crippen molar-refractivity contribution in [1.82, 2.24) is 0 Å². The van der Waals surface area contributed by atoms with Gasteiger partial charge in [0.2, 0.25) is 0 Å². The fourth-order valence-corrected chi connectivity index (χ4v) is 3.20. The minimum Gasteiger partial charge on any atom is -0.0990 e. The molecule has 0 nitrogen and oxygen atoms in total. The summed E-state index contributed by atoms with van der Waals surface area (Å²) in [7, 11) is 0. The maximum Gasteiger partial charge on any atom is 0.00410 e. The fourth-order valence-electron chi connectivity index (χ4n) is 3.20. The van der Waals surface area contributed by atoms with E-state index in [9.17, 15) is 0 Å². The molecular weight excluding hydrogens is 276 g/mol. The lowest BCUT2D eigenvalue weighted by Crippen LogP contribution is -2.02. The molecule has 23 heavy (non-hydrogen) atoms. The summed E-state index contributed by atoms with van der Waals surface area (Å²) in [5, 5.41) is 0. The quantitative estimate of drug-likeness (QED) is 0.364. The molecule has 0 heterocycles. The number of hydrogen-bond donors (Lipinski definition) is 0. The molecule has 0 heteroatoms. The molecule has 1 atom stereocenters. The zero-order valence-corrected chi connectivity index (χ0v) is 14.7. The first-order valence-corrected chi connectivity index (χ1v) is 8.48. The molecule has 0 spiro atoms. The highest BCUT2D eigenvalue weighted by Crippen LogP contribution is 2.46. The summed E-state index contributed by atoms with van der Waals surface area (Å²) < 4.78 is 0. The normalized spacial score (nSPS) is 20.0. The highest BCUT2D eigenvalue weighted by Gasteiger charge is 2.30. The zero-order chi connectivity index (χ0) is 16.5. The SMILES string of the molecule is C.C=C/C=C(/C=C\CC)C1=C(C=C)C2=C(CC=CC2)C1C.CC. The van der Waals surface area contributed by atoms with Crippen molar-refractivity contribution in [2.45, 2.75) is 54.4 Å². The van der Waals surface area contributed by atoms with Gasteiger partial charge in [0.1, 0.15) is 0 Å². The van der Waals surface area contributed by atoms with Crippen LogP contribution in [0.3, 0.4) is 0 Å². The smallest absolute Gasteiger partial charge is 0.00410 e. The van der Waals surface area contributed by atoms with E-state index < -0.39 is 0 Å². The number of hydrogen-bond acceptors (Lipinski definition) is 0. The average molecular weight is 311 g/mol. The lowest BCUT2D eigenvalue weighted by Gasteiger charge is -2.16. The van der Waals surface area contributed by atoms with Gasteiger partial charge in [0, 0.05) is 5.92 Å². The molecule has 0 aromatic heterocycles. The van der Waals surface area contributed by atoms with E-state index in [4.69, 9.17) is 0 Å². The van der Waals surface area contributed by atoms with Crippen LogP contribution in [-0.2, 0) is 0 Å². The van der Waals surface area contributed by atoms with Gasteiger partial charge in [0.05, 0.1) is 0 Å². The summed E-state index contributed by atoms with van der Waals surface area (Å²) >= 11 is 0. The number of allylic oxidation sites excluding steroid dienone is 12. The Bertz CT molecular complexity index is 559. The van der Waals surface area contributed by atoms with E-state index in [2.05, 4.69) is 57.4 Å². The van der Waals surface area contributed by atoms with Crippen LogP contribution in [-0.4, -0.2) is 0 Å². The second-order valence-corrected chi connectivity index (χ2v) is 5.30. The first-order chi connectivity index (χ1) is 10.7. The third-order valence-electron chi connectivity index (χ3n) is 4.13. The molecule has 0 N–H and O–H groups in total. The molecule has 0 radical (unpaired) electrons. The molecule has 0 aromatic carbocycles. The standard InChI is InChI=1S/C20H24.C2H6.CH4/c1-5-8-12-16(11-6-2)20-15(4)18-13-9-10-14-19(18)17(20)7-3;1-2;/h6-12,15H,2-3,5,13-14H2,1,4H3;1-2H3;1H4/b12-8-,16-11-;;. The Labute approximate surface area is 144 Å². The highest BCUT2D eigenvalue weighted by atomic mass is 14.3. The van der Waals surface area contributed by atoms with Crippen LogP contribution in [0.25, 0.3) is 0 Å². The molecule has 0 bridgehead atoms. The van der Waals surface area contributed by atoms with Gasteiger partial charge in [0.15, 0.2) is 0 Å². The van der Waals surface area contributed by atoms with Crippen LogP contribution < -0.4 is 0 Å². The Morgan fingerprint density at radius 2 is 1.87 bits per heavy atom. The van der Waals surface area contributed by atoms with Gasteiger partial charge in [-0.2, -0.15) is 0 Å². The maximum atomic E-state index is 4.05. The van der Waals surface area contributed by atoms with Crippen LogP contribution in [0.5, 0.6) is 0 Å². The average Bonchev–Trinajstić information content (AvgIpc) is 2.86. The lowest BCUT2D eigenvalue weighted by molar-refractivity contribution is 0.794. The second kappa shape index (κ2) is 10.8. The van der Waals surface area contributed by atoms with Gasteiger partial charge in [-0.3, -0.25) is 0 Å². The second-order valence-electron chi connectivity index (χ2n) is 5.30. The third kappa shape index (κ3) is 4.58. The summed E-state index contributed by atoms with van der Waals surface area (Å²) in [6.45, 7) is 16.4. The molecule has 0 aliphatic heterocycles. The Balaban J connectivity index is 0.00000155. The molecule has 0 aromatic rings. The summed E-state index contributed by atoms with van der Waals surface area (Å²) in [5.41, 5.74) is 7.09. The van der Waals surface area contributed by atoms with Crippen molar-refractivity contribution in [3.05, 3.63) is 83.6 Å². The van der Waals surface area contributed by atoms with Crippen molar-refractivity contribution >= 4 is 0 Å². The van der Waals surface area contributed by atoms with E-state index in [-0.39, 0.29) is 7.43 Å². The van der Waals surface area contributed by atoms with E-state index in [1.165, 1.54) is 22.3 Å². The summed E-state index contributed by atoms with van der Waals surface area (Å²) in [6.07, 6.45) is 18.2. The molecule has 2 aliphatic carbocycles. The predicted octanol–water partition coefficient (Wildman–Crippen LogP) is 7.51. The Morgan fingerprint density at radius 1 is 1.22 bits per heavy atom. The van der Waals surface area contributed by atoms with Gasteiger partial charge in [-0.05, 0) is 41.6 Å². The van der Waals surface area contributed by atoms with Crippen LogP contribution in [0, 0.1) is 5.92 Å². The van der Waals surface area contributed by atoms with Crippen LogP contribution in [0.15, 0.2) is 83.6 Å². The van der Waals surface area contributed by atoms with E-state index >= 15 is 0 Å². The van der Waals surface area contributed by atoms with Crippen molar-refractivity contribution in [1.29, 1.82) is 0 Å². The van der Waals surface area contributed by atoms with Crippen molar-refractivity contribution in [3.63, 3.8) is 0 Å². The van der Waals surface area contributed by atoms with Gasteiger partial charge in [0.25, 0.3) is 0 Å². The van der Waals surface area contributed by atoms with E-state index in [0.29, 0.717) is 5.92 Å². The molecule has 126 valence electrons. The van der Waals surface area contributed by atoms with Gasteiger partial charge < -0.3 is 0 Å². The number of rotatable bonds is 5. The first-order valence-electron chi connectivity index (χ1n) is 8.48. The summed E-state index contributed by atoms with van der Waals surface area (Å²) in [5.74, 6) is 0.482. The Morgan fingerprint density at radius 3 is 2.43 bits per heavy atom. The van der Waals surface area contributed by atoms with Crippen LogP contribution >= 0.6 is 0 Å². The van der Waals surface area contributed by atoms with Crippen molar-refractivity contribution in [2.24, 2.45) is 5.92 Å². The van der Waals surface area contributed by atoms with Crippen molar-refractivity contribution < 1.29 is 0 Å². The topological polar surface area (TPSA) is 0 Å². The summed E-state index contributed by atoms with van der Waals surface area (Å²) in [4.78, 5) is 0. The molecule has 0 fully saturated rings. The molecule has 2 rings (SSSR count). The Hall–Kier alpha value is -1.82. The van der Waals surface area contributed by atoms with Crippen molar-refractivity contribution in [3.8, 4) is 0 Å². The van der Waals surface area contributed by atoms with E-state index in [0.717, 1.165) is 19.3 Å². The Kier molecular flexibility index (Phi) is 9.97.